The molecule has 4 rings (SSSR count). The number of nitrogens with one attached hydrogen (secondary N) is 3. The Morgan fingerprint density at radius 1 is 1.10 bits per heavy atom. The number of hydrogen-bond acceptors (Lipinski definition) is 7. The predicted molar refractivity (Wildman–Crippen MR) is 153 cm³/mol. The van der Waals surface area contributed by atoms with E-state index in [-0.39, 0.29) is 36.2 Å². The van der Waals surface area contributed by atoms with E-state index < -0.39 is 11.9 Å². The van der Waals surface area contributed by atoms with Gasteiger partial charge in [-0.2, -0.15) is 0 Å². The lowest BCUT2D eigenvalue weighted by atomic mass is 10.1. The van der Waals surface area contributed by atoms with Gasteiger partial charge in [0.15, 0.2) is 0 Å². The van der Waals surface area contributed by atoms with Crippen LogP contribution in [0.3, 0.4) is 0 Å². The number of thiophene rings is 1. The average molecular weight is 564 g/mol. The molecule has 3 amide bonds. The van der Waals surface area contributed by atoms with Crippen LogP contribution in [0.1, 0.15) is 40.2 Å². The monoisotopic (exact) mass is 563 g/mol. The highest BCUT2D eigenvalue weighted by atomic mass is 32.1. The minimum absolute atomic E-state index is 0.00100. The van der Waals surface area contributed by atoms with Crippen molar-refractivity contribution >= 4 is 34.9 Å². The maximum absolute atomic E-state index is 13.2. The lowest BCUT2D eigenvalue weighted by Crippen LogP contribution is -2.49. The zero-order valence-corrected chi connectivity index (χ0v) is 23.2. The lowest BCUT2D eigenvalue weighted by molar-refractivity contribution is -0.138. The van der Waals surface area contributed by atoms with E-state index in [0.717, 1.165) is 4.88 Å². The number of carbonyl (C=O) groups is 3. The van der Waals surface area contributed by atoms with E-state index in [9.17, 15) is 14.4 Å². The van der Waals surface area contributed by atoms with Crippen LogP contribution in [0.4, 0.5) is 0 Å². The molecule has 5 N–H and O–H groups in total. The van der Waals surface area contributed by atoms with Crippen molar-refractivity contribution in [3.05, 3.63) is 82.0 Å². The molecule has 0 saturated carbocycles. The summed E-state index contributed by atoms with van der Waals surface area (Å²) < 4.78 is 11.0. The molecule has 40 heavy (non-hydrogen) atoms. The molecule has 3 aromatic rings. The standard InChI is InChI=1S/C29H33N5O5S/c1-18(25-13-21(17-40-25)27(30)31)33-29(37)24-12-19(16-38-2)15-34(24)26(35)14-32-28(36)20-8-10-23(11-9-20)39-22-6-4-3-5-7-22/h3-11,13,17-19,24H,12,14-16H2,1-2H3,(H3,30,31)(H,32,36)(H,33,37)/t18-,19-,24+/m1/s1. The van der Waals surface area contributed by atoms with Gasteiger partial charge in [-0.3, -0.25) is 19.8 Å². The van der Waals surface area contributed by atoms with E-state index in [1.807, 2.05) is 37.3 Å². The topological polar surface area (TPSA) is 147 Å². The van der Waals surface area contributed by atoms with Gasteiger partial charge in [0, 0.05) is 41.0 Å². The number of nitrogens with zero attached hydrogens (tertiary/aromatic N) is 1. The number of amides is 3. The minimum Gasteiger partial charge on any atom is -0.457 e. The van der Waals surface area contributed by atoms with Gasteiger partial charge in [0.05, 0.1) is 19.2 Å². The van der Waals surface area contributed by atoms with E-state index in [2.05, 4.69) is 10.6 Å². The zero-order chi connectivity index (χ0) is 28.6. The van der Waals surface area contributed by atoms with Crippen molar-refractivity contribution in [1.29, 1.82) is 5.41 Å². The fourth-order valence-corrected chi connectivity index (χ4v) is 5.48. The molecule has 2 heterocycles. The van der Waals surface area contributed by atoms with Crippen molar-refractivity contribution in [2.45, 2.75) is 25.4 Å². The first-order valence-electron chi connectivity index (χ1n) is 12.9. The van der Waals surface area contributed by atoms with Gasteiger partial charge in [-0.1, -0.05) is 18.2 Å². The molecule has 11 heteroatoms. The molecular weight excluding hydrogens is 530 g/mol. The quantitative estimate of drug-likeness (QED) is 0.208. The van der Waals surface area contributed by atoms with Crippen LogP contribution < -0.4 is 21.1 Å². The summed E-state index contributed by atoms with van der Waals surface area (Å²) in [6.45, 7) is 2.37. The van der Waals surface area contributed by atoms with Gasteiger partial charge in [0.2, 0.25) is 11.8 Å². The second-order valence-electron chi connectivity index (χ2n) is 9.62. The summed E-state index contributed by atoms with van der Waals surface area (Å²) in [7, 11) is 1.58. The second-order valence-corrected chi connectivity index (χ2v) is 10.6. The van der Waals surface area contributed by atoms with Gasteiger partial charge in [0.1, 0.15) is 23.4 Å². The molecular formula is C29H33N5O5S. The van der Waals surface area contributed by atoms with Gasteiger partial charge < -0.3 is 30.7 Å². The van der Waals surface area contributed by atoms with Gasteiger partial charge in [-0.25, -0.2) is 0 Å². The SMILES string of the molecule is COC[C@@H]1C[C@@H](C(=O)N[C@H](C)c2cc(C(=N)N)cs2)N(C(=O)CNC(=O)c2ccc(Oc3ccccc3)cc2)C1. The molecule has 10 nitrogen and oxygen atoms in total. The molecule has 0 aliphatic carbocycles. The molecule has 1 saturated heterocycles. The summed E-state index contributed by atoms with van der Waals surface area (Å²) >= 11 is 1.41. The molecule has 0 radical (unpaired) electrons. The highest BCUT2D eigenvalue weighted by molar-refractivity contribution is 7.10. The third kappa shape index (κ3) is 7.25. The van der Waals surface area contributed by atoms with Gasteiger partial charge in [-0.05, 0) is 55.8 Å². The Balaban J connectivity index is 1.35. The highest BCUT2D eigenvalue weighted by Gasteiger charge is 2.39. The molecule has 2 aromatic carbocycles. The number of rotatable bonds is 11. The van der Waals surface area contributed by atoms with Crippen molar-refractivity contribution in [3.8, 4) is 11.5 Å². The van der Waals surface area contributed by atoms with E-state index >= 15 is 0 Å². The van der Waals surface area contributed by atoms with Crippen LogP contribution in [0.5, 0.6) is 11.5 Å². The number of benzene rings is 2. The number of methoxy groups -OCH3 is 1. The minimum atomic E-state index is -0.686. The Labute approximate surface area is 237 Å². The van der Waals surface area contributed by atoms with Crippen molar-refractivity contribution in [2.75, 3.05) is 26.8 Å². The van der Waals surface area contributed by atoms with Crippen LogP contribution >= 0.6 is 11.3 Å². The van der Waals surface area contributed by atoms with Crippen molar-refractivity contribution < 1.29 is 23.9 Å². The van der Waals surface area contributed by atoms with Crippen molar-refractivity contribution in [2.24, 2.45) is 11.7 Å². The van der Waals surface area contributed by atoms with Crippen LogP contribution in [0, 0.1) is 11.3 Å². The summed E-state index contributed by atoms with van der Waals surface area (Å²) in [5.74, 6) is 0.209. The molecule has 0 spiro atoms. The largest absolute Gasteiger partial charge is 0.457 e. The number of nitrogens with two attached hydrogens (primary N) is 1. The molecule has 0 bridgehead atoms. The Morgan fingerprint density at radius 3 is 2.45 bits per heavy atom. The summed E-state index contributed by atoms with van der Waals surface area (Å²) in [6, 6.07) is 16.7. The maximum Gasteiger partial charge on any atom is 0.251 e. The van der Waals surface area contributed by atoms with Crippen LogP contribution in [0.2, 0.25) is 0 Å². The van der Waals surface area contributed by atoms with Crippen LogP contribution in [0.15, 0.2) is 66.0 Å². The zero-order valence-electron chi connectivity index (χ0n) is 22.4. The van der Waals surface area contributed by atoms with Gasteiger partial charge >= 0.3 is 0 Å². The van der Waals surface area contributed by atoms with E-state index in [1.165, 1.54) is 16.2 Å². The second kappa shape index (κ2) is 13.2. The molecule has 210 valence electrons. The third-order valence-corrected chi connectivity index (χ3v) is 7.74. The number of amidine groups is 1. The number of likely N-dealkylation sites (tertiary alicyclic amines) is 1. The molecule has 1 aliphatic rings. The summed E-state index contributed by atoms with van der Waals surface area (Å²) in [5.41, 5.74) is 6.55. The van der Waals surface area contributed by atoms with E-state index in [1.54, 1.807) is 42.8 Å². The van der Waals surface area contributed by atoms with Crippen molar-refractivity contribution in [3.63, 3.8) is 0 Å². The molecule has 1 aliphatic heterocycles. The number of para-hydroxylation sites is 1. The fourth-order valence-electron chi connectivity index (χ4n) is 4.56. The number of ether oxygens (including phenoxy) is 2. The number of carbonyl (C=O) groups excluding carboxylic acids is 3. The summed E-state index contributed by atoms with van der Waals surface area (Å²) in [5, 5.41) is 15.0. The Kier molecular flexibility index (Phi) is 9.52. The molecule has 0 unspecified atom stereocenters. The van der Waals surface area contributed by atoms with Crippen molar-refractivity contribution in [1.82, 2.24) is 15.5 Å². The third-order valence-electron chi connectivity index (χ3n) is 6.62. The lowest BCUT2D eigenvalue weighted by Gasteiger charge is -2.25. The van der Waals surface area contributed by atoms with Gasteiger partial charge in [0.25, 0.3) is 5.91 Å². The predicted octanol–water partition coefficient (Wildman–Crippen LogP) is 3.30. The number of nitrogen functional groups attached to an aromatic ring is 1. The Hall–Kier alpha value is -4.22. The van der Waals surface area contributed by atoms with Crippen LogP contribution in [-0.4, -0.2) is 61.3 Å². The smallest absolute Gasteiger partial charge is 0.251 e. The number of hydrogen-bond donors (Lipinski definition) is 4. The fraction of sp³-hybridized carbons (Fsp3) is 0.310. The van der Waals surface area contributed by atoms with E-state index in [4.69, 9.17) is 20.6 Å². The van der Waals surface area contributed by atoms with Gasteiger partial charge in [-0.15, -0.1) is 11.3 Å². The maximum atomic E-state index is 13.2. The normalized spacial score (nSPS) is 17.2. The Bertz CT molecular complexity index is 1340. The molecule has 1 aromatic heterocycles. The van der Waals surface area contributed by atoms with Crippen LogP contribution in [-0.2, 0) is 14.3 Å². The first kappa shape index (κ1) is 28.8. The molecule has 1 fully saturated rings. The first-order chi connectivity index (χ1) is 19.2. The van der Waals surface area contributed by atoms with E-state index in [0.29, 0.717) is 42.2 Å². The van der Waals surface area contributed by atoms with Crippen LogP contribution in [0.25, 0.3) is 0 Å². The summed E-state index contributed by atoms with van der Waals surface area (Å²) in [4.78, 5) is 41.5. The Morgan fingerprint density at radius 2 is 1.80 bits per heavy atom. The summed E-state index contributed by atoms with van der Waals surface area (Å²) in [6.07, 6.45) is 0.456. The highest BCUT2D eigenvalue weighted by Crippen LogP contribution is 2.27. The first-order valence-corrected chi connectivity index (χ1v) is 13.8. The average Bonchev–Trinajstić information content (AvgIpc) is 3.61. The molecule has 3 atom stereocenters.